The lowest BCUT2D eigenvalue weighted by Crippen LogP contribution is -2.60. The summed E-state index contributed by atoms with van der Waals surface area (Å²) in [4.78, 5) is 3.34. The molecule has 0 N–H and O–H groups in total. The van der Waals surface area contributed by atoms with Gasteiger partial charge in [0, 0.05) is 64.4 Å². The maximum Gasteiger partial charge on any atom is 0.266 e. The van der Waals surface area contributed by atoms with E-state index in [1.807, 2.05) is 117 Å². The Morgan fingerprint density at radius 2 is 1.14 bits per heavy atom. The molecule has 5 aliphatic rings. The fourth-order valence-electron chi connectivity index (χ4n) is 13.6. The van der Waals surface area contributed by atoms with Crippen LogP contribution in [0.5, 0.6) is 0 Å². The van der Waals surface area contributed by atoms with Gasteiger partial charge in [-0.15, -0.1) is 22.7 Å². The Balaban J connectivity index is 1.23. The SMILES string of the molecule is [2H]c1c([2H])c(C(C)(C)C)c([2H])c([2H])c1N1c2cc(-n3c4c(c5c([2H])c([2H])c([2H])c([2H])c53)-c3ccccc3C4(C)C)cc3c2B(c2sc4c([2H])c([2H])c(C(C)(C)C)c([2H])c4c2N3c2c([2H])c([2H])c(C(C)(C)C)c([2H])c2[2H])c2c1sc1c([2H])c3c(c([2H])c21)C1(C)CCC3(C)C1. The number of aromatic nitrogens is 1. The summed E-state index contributed by atoms with van der Waals surface area (Å²) in [5, 5.41) is 1.25. The Bertz CT molecular complexity index is 5160. The van der Waals surface area contributed by atoms with E-state index in [4.69, 9.17) is 0 Å². The van der Waals surface area contributed by atoms with Gasteiger partial charge in [-0.1, -0.05) is 163 Å². The highest BCUT2D eigenvalue weighted by Gasteiger charge is 2.54. The van der Waals surface area contributed by atoms with Gasteiger partial charge < -0.3 is 14.4 Å². The number of hydrogen-bond donors (Lipinski definition) is 0. The number of thiophene rings is 2. The predicted octanol–water partition coefficient (Wildman–Crippen LogP) is 18.1. The lowest BCUT2D eigenvalue weighted by atomic mass is 9.36. The van der Waals surface area contributed by atoms with Crippen LogP contribution in [-0.4, -0.2) is 11.3 Å². The zero-order valence-corrected chi connectivity index (χ0v) is 47.0. The van der Waals surface area contributed by atoms with Gasteiger partial charge in [0.1, 0.15) is 0 Å². The van der Waals surface area contributed by atoms with Crippen LogP contribution < -0.4 is 25.5 Å². The molecule has 15 rings (SSSR count). The van der Waals surface area contributed by atoms with E-state index in [0.717, 1.165) is 52.9 Å². The second-order valence-electron chi connectivity index (χ2n) is 26.2. The Kier molecular flexibility index (Phi) is 6.41. The van der Waals surface area contributed by atoms with Crippen molar-refractivity contribution in [2.45, 2.75) is 142 Å². The molecule has 0 amide bonds. The summed E-state index contributed by atoms with van der Waals surface area (Å²) in [5.41, 5.74) is 2.00. The van der Waals surface area contributed by atoms with Gasteiger partial charge in [-0.2, -0.15) is 0 Å². The summed E-state index contributed by atoms with van der Waals surface area (Å²) in [7, 11) is 0. The number of fused-ring (bicyclic) bond motifs is 18. The third-order valence-electron chi connectivity index (χ3n) is 17.5. The van der Waals surface area contributed by atoms with E-state index in [2.05, 4.69) is 13.8 Å². The minimum absolute atomic E-state index is 0.0906. The third-order valence-corrected chi connectivity index (χ3v) is 19.7. The number of hydrogen-bond acceptors (Lipinski definition) is 4. The van der Waals surface area contributed by atoms with Crippen molar-refractivity contribution in [2.75, 3.05) is 9.80 Å². The monoisotopic (exact) mass is 1040 g/mol. The van der Waals surface area contributed by atoms with Crippen LogP contribution in [0, 0.1) is 0 Å². The summed E-state index contributed by atoms with van der Waals surface area (Å²) in [5.74, 6) is 0. The van der Waals surface area contributed by atoms with Crippen molar-refractivity contribution >= 4 is 110 Å². The molecular weight excluding hydrogens is 958 g/mol. The topological polar surface area (TPSA) is 11.4 Å². The maximum atomic E-state index is 10.8. The minimum atomic E-state index is -1.04. The van der Waals surface area contributed by atoms with Crippen LogP contribution in [0.2, 0.25) is 0 Å². The van der Waals surface area contributed by atoms with E-state index in [1.165, 1.54) is 11.3 Å². The molecule has 3 aromatic heterocycles. The predicted molar refractivity (Wildman–Crippen MR) is 330 cm³/mol. The van der Waals surface area contributed by atoms with Gasteiger partial charge in [-0.05, 0) is 168 Å². The van der Waals surface area contributed by atoms with E-state index < -0.39 is 63.4 Å². The molecule has 7 aromatic carbocycles. The fourth-order valence-corrected chi connectivity index (χ4v) is 16.1. The molecule has 76 heavy (non-hydrogen) atoms. The van der Waals surface area contributed by atoms with Crippen molar-refractivity contribution in [3.05, 3.63) is 178 Å². The van der Waals surface area contributed by atoms with Crippen LogP contribution in [0.25, 0.3) is 47.9 Å². The maximum absolute atomic E-state index is 10.8. The van der Waals surface area contributed by atoms with Gasteiger partial charge in [-0.25, -0.2) is 0 Å². The van der Waals surface area contributed by atoms with Crippen molar-refractivity contribution in [1.82, 2.24) is 4.57 Å². The largest absolute Gasteiger partial charge is 0.312 e. The average molecular weight is 1040 g/mol. The van der Waals surface area contributed by atoms with Gasteiger partial charge in [0.05, 0.1) is 45.2 Å². The van der Waals surface area contributed by atoms with Crippen molar-refractivity contribution in [3.63, 3.8) is 0 Å². The Hall–Kier alpha value is -6.34. The molecule has 5 heterocycles. The molecule has 378 valence electrons. The molecule has 3 aliphatic carbocycles. The van der Waals surface area contributed by atoms with E-state index in [0.29, 0.717) is 42.0 Å². The zero-order chi connectivity index (χ0) is 67.3. The first-order valence-electron chi connectivity index (χ1n) is 35.1. The number of nitrogens with zero attached hydrogens (tertiary/aromatic N) is 3. The first-order chi connectivity index (χ1) is 43.2. The van der Waals surface area contributed by atoms with Crippen LogP contribution >= 0.6 is 22.7 Å². The second kappa shape index (κ2) is 15.0. The number of para-hydroxylation sites is 1. The molecule has 0 spiro atoms. The van der Waals surface area contributed by atoms with Gasteiger partial charge in [0.15, 0.2) is 0 Å². The summed E-state index contributed by atoms with van der Waals surface area (Å²) in [6.07, 6.45) is 2.34. The van der Waals surface area contributed by atoms with Gasteiger partial charge in [0.25, 0.3) is 6.71 Å². The smallest absolute Gasteiger partial charge is 0.266 e. The highest BCUT2D eigenvalue weighted by Crippen LogP contribution is 2.62. The molecule has 6 heteroatoms. The Morgan fingerprint density at radius 1 is 0.553 bits per heavy atom. The number of anilines is 6. The molecule has 1 fully saturated rings. The lowest BCUT2D eigenvalue weighted by molar-refractivity contribution is 0.484. The van der Waals surface area contributed by atoms with E-state index in [-0.39, 0.29) is 150 Å². The molecule has 3 nitrogen and oxygen atoms in total. The summed E-state index contributed by atoms with van der Waals surface area (Å²) < 4.78 is 174. The average Bonchev–Trinajstić information content (AvgIpc) is 1.57. The van der Waals surface area contributed by atoms with Crippen molar-refractivity contribution in [2.24, 2.45) is 0 Å². The number of rotatable bonds is 3. The fraction of sp³-hybridized carbons (Fsp3) is 0.314. The zero-order valence-electron chi connectivity index (χ0n) is 62.3. The van der Waals surface area contributed by atoms with Crippen LogP contribution in [-0.2, 0) is 32.5 Å². The molecule has 2 aliphatic heterocycles. The Morgan fingerprint density at radius 3 is 1.80 bits per heavy atom. The summed E-state index contributed by atoms with van der Waals surface area (Å²) in [6.45, 7) is 23.9. The van der Waals surface area contributed by atoms with Crippen molar-refractivity contribution in [3.8, 4) is 16.8 Å². The third kappa shape index (κ3) is 6.23. The first kappa shape index (κ1) is 32.4. The standard InChI is InChI=1S/C70H68BN3S2/c1-65(2,3)40-22-27-43(28-23-40)72-54-35-45(73-53-21-17-15-19-47(53)58-46-18-14-16-20-50(46)68(10,11)62(58)73)36-55-60(54)71(63-61(72)49-34-42(67(7,8)9)26-31-56(49)75-63)59-48-37-51-52(70(13)33-32-69(51,12)39-70)38-57(48)76-64(59)74(55)44-29-24-41(25-30-44)66(4,5)6/h14-31,34-38H,32-33,39H2,1-13H3/i15D,17D,19D,21D,22D,23D,24D,25D,26D,27D,28D,29D,30D,31D,34D,37D,38D. The van der Waals surface area contributed by atoms with E-state index >= 15 is 0 Å². The first-order valence-corrected chi connectivity index (χ1v) is 28.2. The molecule has 10 aromatic rings. The van der Waals surface area contributed by atoms with Crippen LogP contribution in [0.1, 0.15) is 172 Å². The molecule has 0 saturated heterocycles. The Labute approximate surface area is 482 Å². The number of benzene rings is 7. The van der Waals surface area contributed by atoms with Crippen LogP contribution in [0.3, 0.4) is 0 Å². The highest BCUT2D eigenvalue weighted by atomic mass is 32.1. The minimum Gasteiger partial charge on any atom is -0.312 e. The van der Waals surface area contributed by atoms with E-state index in [9.17, 15) is 23.3 Å². The van der Waals surface area contributed by atoms with Gasteiger partial charge in [-0.3, -0.25) is 0 Å². The van der Waals surface area contributed by atoms with Crippen molar-refractivity contribution < 1.29 is 23.3 Å². The lowest BCUT2D eigenvalue weighted by Gasteiger charge is -2.42. The molecule has 1 saturated carbocycles. The molecule has 2 unspecified atom stereocenters. The molecular formula is C70H68BN3S2. The molecule has 2 atom stereocenters. The van der Waals surface area contributed by atoms with Gasteiger partial charge >= 0.3 is 0 Å². The van der Waals surface area contributed by atoms with Gasteiger partial charge in [0.2, 0.25) is 0 Å². The second-order valence-corrected chi connectivity index (χ2v) is 28.3. The van der Waals surface area contributed by atoms with Crippen molar-refractivity contribution in [1.29, 1.82) is 0 Å². The van der Waals surface area contributed by atoms with Crippen LogP contribution in [0.15, 0.2) is 139 Å². The molecule has 0 radical (unpaired) electrons. The quantitative estimate of drug-likeness (QED) is 0.163. The highest BCUT2D eigenvalue weighted by molar-refractivity contribution is 7.35. The summed E-state index contributed by atoms with van der Waals surface area (Å²) in [6, 6.07) is 6.97. The summed E-state index contributed by atoms with van der Waals surface area (Å²) >= 11 is 2.38. The molecule has 2 bridgehead atoms. The van der Waals surface area contributed by atoms with E-state index in [1.54, 1.807) is 9.80 Å². The normalized spacial score (nSPS) is 23.0. The van der Waals surface area contributed by atoms with Crippen LogP contribution in [0.4, 0.5) is 33.4 Å².